The number of halogens is 2. The molecule has 6 heteroatoms. The van der Waals surface area contributed by atoms with Gasteiger partial charge in [0.25, 0.3) is 5.91 Å². The van der Waals surface area contributed by atoms with Crippen molar-refractivity contribution < 1.29 is 13.9 Å². The van der Waals surface area contributed by atoms with Gasteiger partial charge < -0.3 is 14.5 Å². The van der Waals surface area contributed by atoms with Crippen LogP contribution in [0.2, 0.25) is 10.2 Å². The van der Waals surface area contributed by atoms with Crippen molar-refractivity contribution >= 4 is 34.8 Å². The molecule has 1 amide bonds. The molecule has 0 atom stereocenters. The summed E-state index contributed by atoms with van der Waals surface area (Å²) in [5.74, 6) is 0.177. The molecule has 0 aliphatic rings. The highest BCUT2D eigenvalue weighted by atomic mass is 35.5. The van der Waals surface area contributed by atoms with Crippen LogP contribution in [-0.4, -0.2) is 12.5 Å². The van der Waals surface area contributed by atoms with Gasteiger partial charge in [-0.05, 0) is 42.3 Å². The van der Waals surface area contributed by atoms with E-state index in [-0.39, 0.29) is 16.7 Å². The van der Waals surface area contributed by atoms with Gasteiger partial charge in [0, 0.05) is 5.02 Å². The number of furan rings is 1. The summed E-state index contributed by atoms with van der Waals surface area (Å²) in [6.45, 7) is 2.55. The zero-order valence-corrected chi connectivity index (χ0v) is 12.3. The van der Waals surface area contributed by atoms with Gasteiger partial charge in [-0.25, -0.2) is 0 Å². The second-order valence-electron chi connectivity index (χ2n) is 4.05. The lowest BCUT2D eigenvalue weighted by Crippen LogP contribution is -2.12. The predicted molar refractivity (Wildman–Crippen MR) is 78.9 cm³/mol. The average Bonchev–Trinajstić information content (AvgIpc) is 2.84. The standard InChI is InChI=1S/C14H13Cl2NO3/c1-2-6-19-12-4-3-9(15)8-11(12)17-14(18)10-5-7-20-13(10)16/h3-5,7-8H,2,6H2,1H3,(H,17,18). The van der Waals surface area contributed by atoms with Gasteiger partial charge in [0.05, 0.1) is 24.1 Å². The van der Waals surface area contributed by atoms with Gasteiger partial charge in [0.1, 0.15) is 5.75 Å². The molecule has 0 aliphatic carbocycles. The number of amides is 1. The monoisotopic (exact) mass is 313 g/mol. The molecule has 0 saturated carbocycles. The van der Waals surface area contributed by atoms with Crippen LogP contribution in [0, 0.1) is 0 Å². The third-order valence-electron chi connectivity index (χ3n) is 2.51. The third kappa shape index (κ3) is 3.46. The van der Waals surface area contributed by atoms with Crippen molar-refractivity contribution in [3.8, 4) is 5.75 Å². The SMILES string of the molecule is CCCOc1ccc(Cl)cc1NC(=O)c1ccoc1Cl. The van der Waals surface area contributed by atoms with Crippen LogP contribution in [0.3, 0.4) is 0 Å². The van der Waals surface area contributed by atoms with Crippen LogP contribution in [0.5, 0.6) is 5.75 Å². The largest absolute Gasteiger partial charge is 0.491 e. The minimum absolute atomic E-state index is 0.0422. The summed E-state index contributed by atoms with van der Waals surface area (Å²) < 4.78 is 10.4. The molecule has 0 saturated heterocycles. The highest BCUT2D eigenvalue weighted by Crippen LogP contribution is 2.29. The van der Waals surface area contributed by atoms with Crippen molar-refractivity contribution in [3.05, 3.63) is 46.3 Å². The maximum Gasteiger partial charge on any atom is 0.260 e. The summed E-state index contributed by atoms with van der Waals surface area (Å²) in [5, 5.41) is 3.26. The number of hydrogen-bond acceptors (Lipinski definition) is 3. The molecule has 2 rings (SSSR count). The Hall–Kier alpha value is -1.65. The summed E-state index contributed by atoms with van der Waals surface area (Å²) in [4.78, 5) is 12.1. The van der Waals surface area contributed by atoms with E-state index < -0.39 is 0 Å². The summed E-state index contributed by atoms with van der Waals surface area (Å²) in [5.41, 5.74) is 0.751. The fraction of sp³-hybridized carbons (Fsp3) is 0.214. The van der Waals surface area contributed by atoms with Gasteiger partial charge in [-0.2, -0.15) is 0 Å². The minimum atomic E-state index is -0.382. The van der Waals surface area contributed by atoms with Crippen LogP contribution in [-0.2, 0) is 0 Å². The summed E-state index contributed by atoms with van der Waals surface area (Å²) >= 11 is 11.7. The molecule has 0 spiro atoms. The first-order chi connectivity index (χ1) is 9.61. The molecular weight excluding hydrogens is 301 g/mol. The van der Waals surface area contributed by atoms with Crippen molar-refractivity contribution in [1.29, 1.82) is 0 Å². The van der Waals surface area contributed by atoms with Crippen molar-refractivity contribution in [1.82, 2.24) is 0 Å². The molecule has 106 valence electrons. The van der Waals surface area contributed by atoms with E-state index in [2.05, 4.69) is 5.32 Å². The van der Waals surface area contributed by atoms with Crippen LogP contribution < -0.4 is 10.1 Å². The van der Waals surface area contributed by atoms with Crippen LogP contribution in [0.25, 0.3) is 0 Å². The molecule has 0 unspecified atom stereocenters. The van der Waals surface area contributed by atoms with E-state index in [9.17, 15) is 4.79 Å². The summed E-state index contributed by atoms with van der Waals surface area (Å²) in [7, 11) is 0. The topological polar surface area (TPSA) is 51.5 Å². The third-order valence-corrected chi connectivity index (χ3v) is 3.04. The van der Waals surface area contributed by atoms with Gasteiger partial charge in [-0.15, -0.1) is 0 Å². The quantitative estimate of drug-likeness (QED) is 0.875. The molecule has 4 nitrogen and oxygen atoms in total. The smallest absolute Gasteiger partial charge is 0.260 e. The zero-order chi connectivity index (χ0) is 14.5. The van der Waals surface area contributed by atoms with Crippen molar-refractivity contribution in [2.24, 2.45) is 0 Å². The fourth-order valence-electron chi connectivity index (χ4n) is 1.58. The van der Waals surface area contributed by atoms with E-state index in [0.717, 1.165) is 6.42 Å². The second-order valence-corrected chi connectivity index (χ2v) is 4.83. The Kier molecular flexibility index (Phi) is 4.93. The Bertz CT molecular complexity index is 610. The van der Waals surface area contributed by atoms with Crippen molar-refractivity contribution in [3.63, 3.8) is 0 Å². The molecule has 0 radical (unpaired) electrons. The highest BCUT2D eigenvalue weighted by Gasteiger charge is 2.15. The average molecular weight is 314 g/mol. The van der Waals surface area contributed by atoms with E-state index in [1.807, 2.05) is 6.92 Å². The highest BCUT2D eigenvalue weighted by molar-refractivity contribution is 6.33. The molecule has 2 aromatic rings. The number of ether oxygens (including phenoxy) is 1. The van der Waals surface area contributed by atoms with Gasteiger partial charge in [-0.1, -0.05) is 18.5 Å². The molecule has 1 N–H and O–H groups in total. The molecule has 0 fully saturated rings. The molecule has 1 heterocycles. The zero-order valence-electron chi connectivity index (χ0n) is 10.8. The minimum Gasteiger partial charge on any atom is -0.491 e. The van der Waals surface area contributed by atoms with Crippen LogP contribution in [0.4, 0.5) is 5.69 Å². The lowest BCUT2D eigenvalue weighted by molar-refractivity contribution is 0.102. The van der Waals surface area contributed by atoms with Crippen LogP contribution in [0.15, 0.2) is 34.9 Å². The van der Waals surface area contributed by atoms with Crippen molar-refractivity contribution in [2.45, 2.75) is 13.3 Å². The summed E-state index contributed by atoms with van der Waals surface area (Å²) in [6, 6.07) is 6.53. The van der Waals surface area contributed by atoms with Gasteiger partial charge in [0.2, 0.25) is 5.22 Å². The Morgan fingerprint density at radius 2 is 2.15 bits per heavy atom. The number of carbonyl (C=O) groups excluding carboxylic acids is 1. The van der Waals surface area contributed by atoms with Crippen LogP contribution >= 0.6 is 23.2 Å². The van der Waals surface area contributed by atoms with E-state index in [4.69, 9.17) is 32.4 Å². The van der Waals surface area contributed by atoms with Gasteiger partial charge >= 0.3 is 0 Å². The van der Waals surface area contributed by atoms with E-state index >= 15 is 0 Å². The van der Waals surface area contributed by atoms with Crippen LogP contribution in [0.1, 0.15) is 23.7 Å². The Labute approximate surface area is 126 Å². The Morgan fingerprint density at radius 3 is 2.80 bits per heavy atom. The molecule has 0 aliphatic heterocycles. The number of nitrogens with one attached hydrogen (secondary N) is 1. The lowest BCUT2D eigenvalue weighted by atomic mass is 10.2. The first-order valence-electron chi connectivity index (χ1n) is 6.08. The number of anilines is 1. The van der Waals surface area contributed by atoms with E-state index in [1.165, 1.54) is 12.3 Å². The second kappa shape index (κ2) is 6.68. The number of carbonyl (C=O) groups is 1. The molecule has 20 heavy (non-hydrogen) atoms. The molecule has 1 aromatic carbocycles. The molecular formula is C14H13Cl2NO3. The van der Waals surface area contributed by atoms with E-state index in [1.54, 1.807) is 18.2 Å². The van der Waals surface area contributed by atoms with Crippen molar-refractivity contribution in [2.75, 3.05) is 11.9 Å². The maximum absolute atomic E-state index is 12.1. The maximum atomic E-state index is 12.1. The van der Waals surface area contributed by atoms with E-state index in [0.29, 0.717) is 23.1 Å². The first kappa shape index (κ1) is 14.8. The number of benzene rings is 1. The van der Waals surface area contributed by atoms with Gasteiger partial charge in [0.15, 0.2) is 0 Å². The van der Waals surface area contributed by atoms with Gasteiger partial charge in [-0.3, -0.25) is 4.79 Å². The molecule has 0 bridgehead atoms. The Morgan fingerprint density at radius 1 is 1.35 bits per heavy atom. The lowest BCUT2D eigenvalue weighted by Gasteiger charge is -2.12. The Balaban J connectivity index is 2.21. The predicted octanol–water partition coefficient (Wildman–Crippen LogP) is 4.63. The fourth-order valence-corrected chi connectivity index (χ4v) is 1.96. The number of hydrogen-bond donors (Lipinski definition) is 1. The molecule has 1 aromatic heterocycles. The number of rotatable bonds is 5. The summed E-state index contributed by atoms with van der Waals surface area (Å²) in [6.07, 6.45) is 2.22. The normalized spacial score (nSPS) is 10.3. The first-order valence-corrected chi connectivity index (χ1v) is 6.84.